The third-order valence-corrected chi connectivity index (χ3v) is 3.97. The lowest BCUT2D eigenvalue weighted by atomic mass is 9.86. The highest BCUT2D eigenvalue weighted by molar-refractivity contribution is 6.04. The van der Waals surface area contributed by atoms with E-state index < -0.39 is 0 Å². The zero-order valence-electron chi connectivity index (χ0n) is 15.1. The first-order valence-electron chi connectivity index (χ1n) is 8.14. The number of anilines is 1. The fourth-order valence-corrected chi connectivity index (χ4v) is 2.64. The number of hydrogen-bond donors (Lipinski definition) is 1. The monoisotopic (exact) mass is 309 g/mol. The van der Waals surface area contributed by atoms with Crippen LogP contribution in [0.4, 0.5) is 5.69 Å². The number of rotatable bonds is 3. The first-order chi connectivity index (χ1) is 10.7. The molecule has 1 N–H and O–H groups in total. The van der Waals surface area contributed by atoms with Gasteiger partial charge in [-0.25, -0.2) is 0 Å². The van der Waals surface area contributed by atoms with Crippen molar-refractivity contribution in [1.29, 1.82) is 0 Å². The Morgan fingerprint density at radius 3 is 2.26 bits per heavy atom. The second kappa shape index (κ2) is 6.57. The summed E-state index contributed by atoms with van der Waals surface area (Å²) in [5.74, 6) is -0.0474. The molecule has 0 aromatic heterocycles. The Morgan fingerprint density at radius 1 is 0.957 bits per heavy atom. The van der Waals surface area contributed by atoms with Crippen LogP contribution in [0.2, 0.25) is 0 Å². The van der Waals surface area contributed by atoms with Crippen LogP contribution in [0.15, 0.2) is 36.4 Å². The number of hydrogen-bond acceptors (Lipinski definition) is 1. The number of aryl methyl sites for hydroxylation is 3. The topological polar surface area (TPSA) is 29.1 Å². The minimum atomic E-state index is -0.0474. The largest absolute Gasteiger partial charge is 0.322 e. The lowest BCUT2D eigenvalue weighted by Gasteiger charge is -2.20. The van der Waals surface area contributed by atoms with Crippen molar-refractivity contribution >= 4 is 11.6 Å². The SMILES string of the molecule is Cc1ccc(C)c(NC(=O)c2ccc(C)c(CC(C)(C)C)c2)c1. The normalized spacial score (nSPS) is 11.4. The van der Waals surface area contributed by atoms with Crippen molar-refractivity contribution in [2.45, 2.75) is 48.0 Å². The van der Waals surface area contributed by atoms with Gasteiger partial charge < -0.3 is 5.32 Å². The van der Waals surface area contributed by atoms with E-state index in [-0.39, 0.29) is 11.3 Å². The summed E-state index contributed by atoms with van der Waals surface area (Å²) in [6, 6.07) is 12.1. The van der Waals surface area contributed by atoms with Crippen molar-refractivity contribution in [3.05, 3.63) is 64.2 Å². The molecule has 0 heterocycles. The molecule has 0 aliphatic heterocycles. The average molecular weight is 309 g/mol. The van der Waals surface area contributed by atoms with Crippen LogP contribution < -0.4 is 5.32 Å². The van der Waals surface area contributed by atoms with Gasteiger partial charge in [0.05, 0.1) is 0 Å². The van der Waals surface area contributed by atoms with E-state index in [0.717, 1.165) is 28.8 Å². The average Bonchev–Trinajstić information content (AvgIpc) is 2.43. The highest BCUT2D eigenvalue weighted by Gasteiger charge is 2.15. The van der Waals surface area contributed by atoms with Crippen LogP contribution in [0.3, 0.4) is 0 Å². The van der Waals surface area contributed by atoms with Crippen LogP contribution in [0.1, 0.15) is 53.4 Å². The Hall–Kier alpha value is -2.09. The van der Waals surface area contributed by atoms with Crippen molar-refractivity contribution in [3.63, 3.8) is 0 Å². The van der Waals surface area contributed by atoms with Gasteiger partial charge in [-0.1, -0.05) is 39.0 Å². The Balaban J connectivity index is 2.26. The second-order valence-electron chi connectivity index (χ2n) is 7.65. The van der Waals surface area contributed by atoms with Gasteiger partial charge in [-0.15, -0.1) is 0 Å². The van der Waals surface area contributed by atoms with Crippen molar-refractivity contribution in [2.24, 2.45) is 5.41 Å². The van der Waals surface area contributed by atoms with Crippen LogP contribution in [-0.2, 0) is 6.42 Å². The third kappa shape index (κ3) is 4.69. The molecule has 2 rings (SSSR count). The standard InChI is InChI=1S/C21H27NO/c1-14-7-8-16(3)19(11-14)22-20(23)17-10-9-15(2)18(12-17)13-21(4,5)6/h7-12H,13H2,1-6H3,(H,22,23). The molecule has 0 atom stereocenters. The lowest BCUT2D eigenvalue weighted by Crippen LogP contribution is -2.15. The van der Waals surface area contributed by atoms with Crippen LogP contribution >= 0.6 is 0 Å². The summed E-state index contributed by atoms with van der Waals surface area (Å²) in [4.78, 5) is 12.6. The first-order valence-corrected chi connectivity index (χ1v) is 8.14. The molecule has 122 valence electrons. The maximum atomic E-state index is 12.6. The molecule has 23 heavy (non-hydrogen) atoms. The predicted molar refractivity (Wildman–Crippen MR) is 98.2 cm³/mol. The maximum absolute atomic E-state index is 12.6. The highest BCUT2D eigenvalue weighted by atomic mass is 16.1. The van der Waals surface area contributed by atoms with E-state index in [1.165, 1.54) is 11.1 Å². The fraction of sp³-hybridized carbons (Fsp3) is 0.381. The zero-order valence-corrected chi connectivity index (χ0v) is 15.1. The molecule has 0 bridgehead atoms. The summed E-state index contributed by atoms with van der Waals surface area (Å²) < 4.78 is 0. The summed E-state index contributed by atoms with van der Waals surface area (Å²) in [5.41, 5.74) is 6.50. The van der Waals surface area contributed by atoms with E-state index >= 15 is 0 Å². The Labute approximate surface area is 139 Å². The molecule has 0 spiro atoms. The molecule has 0 aliphatic rings. The molecule has 2 aromatic carbocycles. The summed E-state index contributed by atoms with van der Waals surface area (Å²) in [7, 11) is 0. The van der Waals surface area contributed by atoms with Gasteiger partial charge in [0, 0.05) is 11.3 Å². The van der Waals surface area contributed by atoms with Crippen molar-refractivity contribution in [1.82, 2.24) is 0 Å². The smallest absolute Gasteiger partial charge is 0.255 e. The van der Waals surface area contributed by atoms with E-state index in [4.69, 9.17) is 0 Å². The molecule has 2 nitrogen and oxygen atoms in total. The Bertz CT molecular complexity index is 723. The maximum Gasteiger partial charge on any atom is 0.255 e. The molecule has 0 radical (unpaired) electrons. The fourth-order valence-electron chi connectivity index (χ4n) is 2.64. The van der Waals surface area contributed by atoms with Gasteiger partial charge in [-0.3, -0.25) is 4.79 Å². The number of carbonyl (C=O) groups excluding carboxylic acids is 1. The first kappa shape index (κ1) is 17.3. The molecule has 2 heteroatoms. The van der Waals surface area contributed by atoms with E-state index in [9.17, 15) is 4.79 Å². The Kier molecular flexibility index (Phi) is 4.93. The van der Waals surface area contributed by atoms with Crippen molar-refractivity contribution < 1.29 is 4.79 Å². The van der Waals surface area contributed by atoms with Gasteiger partial charge in [-0.05, 0) is 73.1 Å². The van der Waals surface area contributed by atoms with Crippen LogP contribution in [0, 0.1) is 26.2 Å². The summed E-state index contributed by atoms with van der Waals surface area (Å²) in [5, 5.41) is 3.04. The molecule has 0 aliphatic carbocycles. The quantitative estimate of drug-likeness (QED) is 0.802. The van der Waals surface area contributed by atoms with Crippen molar-refractivity contribution in [2.75, 3.05) is 5.32 Å². The molecular formula is C21H27NO. The molecule has 0 saturated heterocycles. The van der Waals surface area contributed by atoms with Gasteiger partial charge in [0.25, 0.3) is 5.91 Å². The van der Waals surface area contributed by atoms with E-state index in [1.54, 1.807) is 0 Å². The number of nitrogens with one attached hydrogen (secondary N) is 1. The minimum Gasteiger partial charge on any atom is -0.322 e. The molecule has 2 aromatic rings. The lowest BCUT2D eigenvalue weighted by molar-refractivity contribution is 0.102. The van der Waals surface area contributed by atoms with E-state index in [2.05, 4.69) is 39.1 Å². The van der Waals surface area contributed by atoms with Crippen molar-refractivity contribution in [3.8, 4) is 0 Å². The van der Waals surface area contributed by atoms with Crippen LogP contribution in [0.25, 0.3) is 0 Å². The summed E-state index contributed by atoms with van der Waals surface area (Å²) >= 11 is 0. The van der Waals surface area contributed by atoms with Crippen LogP contribution in [0.5, 0.6) is 0 Å². The zero-order chi connectivity index (χ0) is 17.2. The van der Waals surface area contributed by atoms with E-state index in [1.807, 2.05) is 44.2 Å². The van der Waals surface area contributed by atoms with Gasteiger partial charge in [0.15, 0.2) is 0 Å². The second-order valence-corrected chi connectivity index (χ2v) is 7.65. The summed E-state index contributed by atoms with van der Waals surface area (Å²) in [6.07, 6.45) is 0.962. The van der Waals surface area contributed by atoms with Gasteiger partial charge in [0.2, 0.25) is 0 Å². The number of benzene rings is 2. The summed E-state index contributed by atoms with van der Waals surface area (Å²) in [6.45, 7) is 12.8. The minimum absolute atomic E-state index is 0.0474. The predicted octanol–water partition coefficient (Wildman–Crippen LogP) is 5.45. The molecule has 0 unspecified atom stereocenters. The third-order valence-electron chi connectivity index (χ3n) is 3.97. The molecular weight excluding hydrogens is 282 g/mol. The highest BCUT2D eigenvalue weighted by Crippen LogP contribution is 2.24. The van der Waals surface area contributed by atoms with Gasteiger partial charge in [-0.2, -0.15) is 0 Å². The Morgan fingerprint density at radius 2 is 1.61 bits per heavy atom. The molecule has 1 amide bonds. The van der Waals surface area contributed by atoms with Gasteiger partial charge in [0.1, 0.15) is 0 Å². The molecule has 0 fully saturated rings. The van der Waals surface area contributed by atoms with Gasteiger partial charge >= 0.3 is 0 Å². The van der Waals surface area contributed by atoms with E-state index in [0.29, 0.717) is 0 Å². The number of carbonyl (C=O) groups is 1. The van der Waals surface area contributed by atoms with Crippen LogP contribution in [-0.4, -0.2) is 5.91 Å². The number of amides is 1. The molecule has 0 saturated carbocycles.